The molecule has 1 N–H and O–H groups in total. The standard InChI is InChI=1S/C23H24N4O2/c28-22(18-11-5-3-6-12-18)25-21-20(23(29)26-15-9-1-2-10-16-26)17-24-27(21)19-13-7-4-8-14-19/h3-8,11-14,17H,1-2,9-10,15-16H2,(H,25,28). The van der Waals surface area contributed by atoms with Crippen LogP contribution in [0.2, 0.25) is 0 Å². The number of rotatable bonds is 4. The molecule has 0 bridgehead atoms. The van der Waals surface area contributed by atoms with Crippen LogP contribution < -0.4 is 5.32 Å². The second-order valence-electron chi connectivity index (χ2n) is 7.18. The van der Waals surface area contributed by atoms with E-state index in [1.165, 1.54) is 0 Å². The van der Waals surface area contributed by atoms with E-state index in [1.54, 1.807) is 23.0 Å². The average Bonchev–Trinajstić information content (AvgIpc) is 2.98. The van der Waals surface area contributed by atoms with Gasteiger partial charge in [-0.25, -0.2) is 4.68 Å². The van der Waals surface area contributed by atoms with E-state index in [0.717, 1.165) is 44.5 Å². The van der Waals surface area contributed by atoms with Crippen molar-refractivity contribution in [2.75, 3.05) is 18.4 Å². The second kappa shape index (κ2) is 8.73. The second-order valence-corrected chi connectivity index (χ2v) is 7.18. The smallest absolute Gasteiger partial charge is 0.259 e. The van der Waals surface area contributed by atoms with E-state index in [4.69, 9.17) is 0 Å². The van der Waals surface area contributed by atoms with E-state index in [1.807, 2.05) is 53.4 Å². The van der Waals surface area contributed by atoms with Crippen LogP contribution in [0.4, 0.5) is 5.82 Å². The maximum absolute atomic E-state index is 13.3. The van der Waals surface area contributed by atoms with E-state index in [0.29, 0.717) is 16.9 Å². The van der Waals surface area contributed by atoms with Crippen molar-refractivity contribution in [3.05, 3.63) is 78.0 Å². The van der Waals surface area contributed by atoms with Gasteiger partial charge in [0.2, 0.25) is 0 Å². The molecule has 0 aliphatic carbocycles. The number of nitrogens with zero attached hydrogens (tertiary/aromatic N) is 3. The first kappa shape index (κ1) is 18.9. The molecule has 2 amide bonds. The molecule has 29 heavy (non-hydrogen) atoms. The zero-order valence-electron chi connectivity index (χ0n) is 16.3. The number of nitrogens with one attached hydrogen (secondary N) is 1. The van der Waals surface area contributed by atoms with Crippen LogP contribution in [0.1, 0.15) is 46.4 Å². The van der Waals surface area contributed by atoms with Crippen LogP contribution in [0.15, 0.2) is 66.9 Å². The fourth-order valence-corrected chi connectivity index (χ4v) is 3.60. The highest BCUT2D eigenvalue weighted by atomic mass is 16.2. The summed E-state index contributed by atoms with van der Waals surface area (Å²) < 4.78 is 1.62. The average molecular weight is 388 g/mol. The lowest BCUT2D eigenvalue weighted by atomic mass is 10.2. The van der Waals surface area contributed by atoms with Gasteiger partial charge in [-0.05, 0) is 37.1 Å². The van der Waals surface area contributed by atoms with Gasteiger partial charge < -0.3 is 10.2 Å². The number of amides is 2. The Labute approximate surface area is 170 Å². The molecule has 0 radical (unpaired) electrons. The van der Waals surface area contributed by atoms with Gasteiger partial charge in [0.15, 0.2) is 0 Å². The molecule has 0 atom stereocenters. The van der Waals surface area contributed by atoms with Crippen LogP contribution in [0.3, 0.4) is 0 Å². The third-order valence-corrected chi connectivity index (χ3v) is 5.16. The largest absolute Gasteiger partial charge is 0.338 e. The van der Waals surface area contributed by atoms with Gasteiger partial charge in [0, 0.05) is 18.7 Å². The highest BCUT2D eigenvalue weighted by Crippen LogP contribution is 2.24. The first-order valence-electron chi connectivity index (χ1n) is 10.0. The summed E-state index contributed by atoms with van der Waals surface area (Å²) in [6, 6.07) is 18.5. The quantitative estimate of drug-likeness (QED) is 0.730. The summed E-state index contributed by atoms with van der Waals surface area (Å²) in [5.41, 5.74) is 1.73. The van der Waals surface area contributed by atoms with Gasteiger partial charge in [0.1, 0.15) is 11.4 Å². The number of benzene rings is 2. The van der Waals surface area contributed by atoms with Gasteiger partial charge >= 0.3 is 0 Å². The minimum absolute atomic E-state index is 0.0857. The topological polar surface area (TPSA) is 67.2 Å². The van der Waals surface area contributed by atoms with Gasteiger partial charge in [0.25, 0.3) is 11.8 Å². The van der Waals surface area contributed by atoms with Gasteiger partial charge in [-0.15, -0.1) is 0 Å². The van der Waals surface area contributed by atoms with Crippen molar-refractivity contribution < 1.29 is 9.59 Å². The van der Waals surface area contributed by atoms with E-state index >= 15 is 0 Å². The number of hydrogen-bond acceptors (Lipinski definition) is 3. The Morgan fingerprint density at radius 3 is 2.10 bits per heavy atom. The van der Waals surface area contributed by atoms with Gasteiger partial charge in [-0.1, -0.05) is 49.2 Å². The Kier molecular flexibility index (Phi) is 5.70. The molecule has 6 heteroatoms. The predicted molar refractivity (Wildman–Crippen MR) is 112 cm³/mol. The summed E-state index contributed by atoms with van der Waals surface area (Å²) in [5, 5.41) is 7.35. The van der Waals surface area contributed by atoms with Crippen molar-refractivity contribution in [3.63, 3.8) is 0 Å². The summed E-state index contributed by atoms with van der Waals surface area (Å²) in [5.74, 6) is 0.0462. The Bertz CT molecular complexity index is 975. The van der Waals surface area contributed by atoms with Crippen molar-refractivity contribution in [2.24, 2.45) is 0 Å². The summed E-state index contributed by atoms with van der Waals surface area (Å²) in [7, 11) is 0. The minimum Gasteiger partial charge on any atom is -0.338 e. The predicted octanol–water partition coefficient (Wildman–Crippen LogP) is 4.14. The third-order valence-electron chi connectivity index (χ3n) is 5.16. The highest BCUT2D eigenvalue weighted by Gasteiger charge is 2.25. The summed E-state index contributed by atoms with van der Waals surface area (Å²) in [6.07, 6.45) is 5.85. The number of likely N-dealkylation sites (tertiary alicyclic amines) is 1. The fourth-order valence-electron chi connectivity index (χ4n) is 3.60. The van der Waals surface area contributed by atoms with Crippen molar-refractivity contribution in [2.45, 2.75) is 25.7 Å². The normalized spacial score (nSPS) is 14.3. The molecule has 3 aromatic rings. The summed E-state index contributed by atoms with van der Waals surface area (Å²) in [4.78, 5) is 28.0. The molecule has 0 unspecified atom stereocenters. The number of carbonyl (C=O) groups is 2. The first-order valence-corrected chi connectivity index (χ1v) is 10.0. The summed E-state index contributed by atoms with van der Waals surface area (Å²) >= 11 is 0. The Balaban J connectivity index is 1.70. The van der Waals surface area contributed by atoms with Gasteiger partial charge in [-0.2, -0.15) is 5.10 Å². The molecule has 6 nitrogen and oxygen atoms in total. The third kappa shape index (κ3) is 4.21. The molecule has 1 fully saturated rings. The van der Waals surface area contributed by atoms with Crippen LogP contribution in [0, 0.1) is 0 Å². The molecule has 0 spiro atoms. The van der Waals surface area contributed by atoms with Crippen LogP contribution in [0.25, 0.3) is 5.69 Å². The van der Waals surface area contributed by atoms with Crippen molar-refractivity contribution in [1.29, 1.82) is 0 Å². The molecule has 1 aliphatic heterocycles. The van der Waals surface area contributed by atoms with Crippen LogP contribution in [0.5, 0.6) is 0 Å². The van der Waals surface area contributed by atoms with Crippen LogP contribution in [-0.4, -0.2) is 39.6 Å². The Morgan fingerprint density at radius 1 is 0.828 bits per heavy atom. The van der Waals surface area contributed by atoms with Crippen molar-refractivity contribution in [3.8, 4) is 5.69 Å². The molecule has 4 rings (SSSR count). The first-order chi connectivity index (χ1) is 14.2. The van der Waals surface area contributed by atoms with E-state index < -0.39 is 0 Å². The van der Waals surface area contributed by atoms with E-state index in [2.05, 4.69) is 10.4 Å². The molecule has 1 aliphatic rings. The number of anilines is 1. The SMILES string of the molecule is O=C(Nc1c(C(=O)N2CCCCCC2)cnn1-c1ccccc1)c1ccccc1. The maximum Gasteiger partial charge on any atom is 0.259 e. The lowest BCUT2D eigenvalue weighted by molar-refractivity contribution is 0.0762. The Hall–Kier alpha value is -3.41. The van der Waals surface area contributed by atoms with Crippen LogP contribution in [-0.2, 0) is 0 Å². The molecular formula is C23H24N4O2. The molecule has 148 valence electrons. The molecule has 1 aromatic heterocycles. The fraction of sp³-hybridized carbons (Fsp3) is 0.261. The highest BCUT2D eigenvalue weighted by molar-refractivity contribution is 6.08. The zero-order valence-corrected chi connectivity index (χ0v) is 16.3. The monoisotopic (exact) mass is 388 g/mol. The molecular weight excluding hydrogens is 364 g/mol. The lowest BCUT2D eigenvalue weighted by Crippen LogP contribution is -2.32. The maximum atomic E-state index is 13.3. The van der Waals surface area contributed by atoms with E-state index in [-0.39, 0.29) is 11.8 Å². The number of para-hydroxylation sites is 1. The lowest BCUT2D eigenvalue weighted by Gasteiger charge is -2.20. The minimum atomic E-state index is -0.270. The van der Waals surface area contributed by atoms with Gasteiger partial charge in [0.05, 0.1) is 11.9 Å². The van der Waals surface area contributed by atoms with Gasteiger partial charge in [-0.3, -0.25) is 9.59 Å². The molecule has 2 heterocycles. The Morgan fingerprint density at radius 2 is 1.45 bits per heavy atom. The molecule has 1 saturated heterocycles. The zero-order chi connectivity index (χ0) is 20.1. The molecule has 2 aromatic carbocycles. The number of carbonyl (C=O) groups excluding carboxylic acids is 2. The van der Waals surface area contributed by atoms with E-state index in [9.17, 15) is 9.59 Å². The number of aromatic nitrogens is 2. The molecule has 0 saturated carbocycles. The summed E-state index contributed by atoms with van der Waals surface area (Å²) in [6.45, 7) is 1.48. The van der Waals surface area contributed by atoms with Crippen molar-refractivity contribution in [1.82, 2.24) is 14.7 Å². The number of hydrogen-bond donors (Lipinski definition) is 1. The van der Waals surface area contributed by atoms with Crippen molar-refractivity contribution >= 4 is 17.6 Å². The van der Waals surface area contributed by atoms with Crippen LogP contribution >= 0.6 is 0 Å².